The van der Waals surface area contributed by atoms with E-state index in [-0.39, 0.29) is 17.6 Å². The Bertz CT molecular complexity index is 816. The fraction of sp³-hybridized carbons (Fsp3) is 0.350. The third-order valence-electron chi connectivity index (χ3n) is 4.72. The van der Waals surface area contributed by atoms with E-state index in [1.807, 2.05) is 33.1 Å². The number of nitrogens with one attached hydrogen (secondary N) is 2. The molecule has 0 radical (unpaired) electrons. The lowest BCUT2D eigenvalue weighted by Crippen LogP contribution is -3.07. The van der Waals surface area contributed by atoms with Crippen LogP contribution in [0.25, 0.3) is 0 Å². The van der Waals surface area contributed by atoms with Gasteiger partial charge in [0.05, 0.1) is 25.6 Å². The van der Waals surface area contributed by atoms with Crippen LogP contribution in [-0.2, 0) is 0 Å². The van der Waals surface area contributed by atoms with E-state index in [0.717, 1.165) is 11.3 Å². The smallest absolute Gasteiger partial charge is 0.273 e. The van der Waals surface area contributed by atoms with E-state index in [2.05, 4.69) is 29.6 Å². The second-order valence-corrected chi connectivity index (χ2v) is 7.03. The van der Waals surface area contributed by atoms with Gasteiger partial charge in [0.25, 0.3) is 11.6 Å². The SMILES string of the molecule is Cc1c(C(=O)NC[C@@H](c2ccc(N(C)C)cc2)[NH+](C)C)cccc1[N+](=O)[O-]. The van der Waals surface area contributed by atoms with Crippen LogP contribution >= 0.6 is 0 Å². The molecular formula is C20H27N4O3+. The molecule has 0 aliphatic heterocycles. The number of hydrogen-bond acceptors (Lipinski definition) is 4. The minimum Gasteiger partial charge on any atom is -0.378 e. The number of hydrogen-bond donors (Lipinski definition) is 2. The molecule has 0 fully saturated rings. The zero-order valence-electron chi connectivity index (χ0n) is 16.4. The highest BCUT2D eigenvalue weighted by Gasteiger charge is 2.22. The number of likely N-dealkylation sites (N-methyl/N-ethyl adjacent to an activating group) is 1. The Hall–Kier alpha value is -2.93. The van der Waals surface area contributed by atoms with Gasteiger partial charge in [-0.05, 0) is 25.1 Å². The van der Waals surface area contributed by atoms with E-state index in [0.29, 0.717) is 17.7 Å². The molecule has 2 N–H and O–H groups in total. The maximum absolute atomic E-state index is 12.6. The Morgan fingerprint density at radius 2 is 1.81 bits per heavy atom. The van der Waals surface area contributed by atoms with E-state index in [4.69, 9.17) is 0 Å². The topological polar surface area (TPSA) is 79.9 Å². The maximum Gasteiger partial charge on any atom is 0.273 e. The molecule has 1 amide bonds. The predicted octanol–water partition coefficient (Wildman–Crippen LogP) is 1.58. The average molecular weight is 371 g/mol. The third-order valence-corrected chi connectivity index (χ3v) is 4.72. The molecule has 7 nitrogen and oxygen atoms in total. The summed E-state index contributed by atoms with van der Waals surface area (Å²) in [5, 5.41) is 14.0. The van der Waals surface area contributed by atoms with Crippen molar-refractivity contribution in [3.8, 4) is 0 Å². The Kier molecular flexibility index (Phi) is 6.52. The fourth-order valence-corrected chi connectivity index (χ4v) is 3.02. The van der Waals surface area contributed by atoms with Crippen molar-refractivity contribution in [3.05, 3.63) is 69.3 Å². The molecule has 0 aromatic heterocycles. The Balaban J connectivity index is 2.15. The highest BCUT2D eigenvalue weighted by molar-refractivity contribution is 5.96. The predicted molar refractivity (Wildman–Crippen MR) is 106 cm³/mol. The molecule has 0 spiro atoms. The van der Waals surface area contributed by atoms with E-state index in [1.165, 1.54) is 17.0 Å². The Morgan fingerprint density at radius 1 is 1.19 bits per heavy atom. The van der Waals surface area contributed by atoms with E-state index in [9.17, 15) is 14.9 Å². The first-order valence-electron chi connectivity index (χ1n) is 8.82. The van der Waals surface area contributed by atoms with Gasteiger partial charge in [0.15, 0.2) is 0 Å². The molecule has 27 heavy (non-hydrogen) atoms. The minimum atomic E-state index is -0.467. The van der Waals surface area contributed by atoms with Gasteiger partial charge in [0.2, 0.25) is 0 Å². The van der Waals surface area contributed by atoms with Gasteiger partial charge in [-0.2, -0.15) is 0 Å². The fourth-order valence-electron chi connectivity index (χ4n) is 3.02. The number of benzene rings is 2. The van der Waals surface area contributed by atoms with Crippen molar-refractivity contribution in [3.63, 3.8) is 0 Å². The van der Waals surface area contributed by atoms with Crippen LogP contribution in [0.3, 0.4) is 0 Å². The van der Waals surface area contributed by atoms with E-state index < -0.39 is 4.92 Å². The average Bonchev–Trinajstić information content (AvgIpc) is 2.61. The van der Waals surface area contributed by atoms with E-state index >= 15 is 0 Å². The van der Waals surface area contributed by atoms with Crippen molar-refractivity contribution >= 4 is 17.3 Å². The number of nitrogens with zero attached hydrogens (tertiary/aromatic N) is 2. The van der Waals surface area contributed by atoms with Crippen LogP contribution in [-0.4, -0.2) is 45.6 Å². The molecule has 0 bridgehead atoms. The molecule has 0 heterocycles. The van der Waals surface area contributed by atoms with Gasteiger partial charge in [-0.1, -0.05) is 18.2 Å². The zero-order chi connectivity index (χ0) is 20.1. The second kappa shape index (κ2) is 8.64. The summed E-state index contributed by atoms with van der Waals surface area (Å²) >= 11 is 0. The van der Waals surface area contributed by atoms with Gasteiger partial charge in [0.1, 0.15) is 6.04 Å². The lowest BCUT2D eigenvalue weighted by molar-refractivity contribution is -0.890. The van der Waals surface area contributed by atoms with Crippen LogP contribution in [0.2, 0.25) is 0 Å². The van der Waals surface area contributed by atoms with Crippen molar-refractivity contribution < 1.29 is 14.6 Å². The molecule has 0 saturated heterocycles. The number of carbonyl (C=O) groups is 1. The molecule has 0 aliphatic carbocycles. The lowest BCUT2D eigenvalue weighted by Gasteiger charge is -2.23. The standard InChI is InChI=1S/C20H26N4O3/c1-14-17(7-6-8-18(14)24(26)27)20(25)21-13-19(23(4)5)15-9-11-16(12-10-15)22(2)3/h6-12,19H,13H2,1-5H3,(H,21,25)/p+1/t19-/m0/s1. The monoisotopic (exact) mass is 371 g/mol. The maximum atomic E-state index is 12.6. The first-order valence-corrected chi connectivity index (χ1v) is 8.82. The molecule has 2 aromatic carbocycles. The molecule has 2 rings (SSSR count). The highest BCUT2D eigenvalue weighted by atomic mass is 16.6. The van der Waals surface area contributed by atoms with Gasteiger partial charge >= 0.3 is 0 Å². The van der Waals surface area contributed by atoms with Crippen molar-refractivity contribution in [2.75, 3.05) is 39.6 Å². The van der Waals surface area contributed by atoms with E-state index in [1.54, 1.807) is 13.0 Å². The van der Waals surface area contributed by atoms with Gasteiger partial charge in [-0.15, -0.1) is 0 Å². The summed E-state index contributed by atoms with van der Waals surface area (Å²) in [6, 6.07) is 12.9. The van der Waals surface area contributed by atoms with Crippen molar-refractivity contribution in [1.82, 2.24) is 5.32 Å². The molecule has 0 aliphatic rings. The lowest BCUT2D eigenvalue weighted by atomic mass is 10.0. The van der Waals surface area contributed by atoms with Gasteiger partial charge in [0, 0.05) is 42.5 Å². The number of nitro groups is 1. The summed E-state index contributed by atoms with van der Waals surface area (Å²) in [6.45, 7) is 2.03. The summed E-state index contributed by atoms with van der Waals surface area (Å²) in [4.78, 5) is 26.4. The quantitative estimate of drug-likeness (QED) is 0.572. The molecule has 7 heteroatoms. The van der Waals surface area contributed by atoms with Crippen molar-refractivity contribution in [2.45, 2.75) is 13.0 Å². The van der Waals surface area contributed by atoms with Gasteiger partial charge < -0.3 is 15.1 Å². The number of quaternary nitrogens is 1. The van der Waals surface area contributed by atoms with Crippen molar-refractivity contribution in [1.29, 1.82) is 0 Å². The normalized spacial score (nSPS) is 11.9. The van der Waals surface area contributed by atoms with Crippen LogP contribution in [0.5, 0.6) is 0 Å². The molecule has 2 aromatic rings. The second-order valence-electron chi connectivity index (χ2n) is 7.03. The van der Waals surface area contributed by atoms with Crippen molar-refractivity contribution in [2.24, 2.45) is 0 Å². The van der Waals surface area contributed by atoms with Gasteiger partial charge in [-0.3, -0.25) is 14.9 Å². The Morgan fingerprint density at radius 3 is 2.33 bits per heavy atom. The summed E-state index contributed by atoms with van der Waals surface area (Å²) in [6.07, 6.45) is 0. The summed E-state index contributed by atoms with van der Waals surface area (Å²) in [5.41, 5.74) is 2.90. The number of carbonyl (C=O) groups excluding carboxylic acids is 1. The first-order chi connectivity index (χ1) is 12.7. The largest absolute Gasteiger partial charge is 0.378 e. The number of amides is 1. The molecule has 0 unspecified atom stereocenters. The number of rotatable bonds is 7. The zero-order valence-corrected chi connectivity index (χ0v) is 16.4. The summed E-state index contributed by atoms with van der Waals surface area (Å²) in [5.74, 6) is -0.299. The van der Waals surface area contributed by atoms with Crippen LogP contribution in [0.4, 0.5) is 11.4 Å². The first kappa shape index (κ1) is 20.4. The Labute approximate surface area is 159 Å². The minimum absolute atomic E-state index is 0.0447. The van der Waals surface area contributed by atoms with Gasteiger partial charge in [-0.25, -0.2) is 0 Å². The highest BCUT2D eigenvalue weighted by Crippen LogP contribution is 2.21. The molecule has 0 saturated carbocycles. The van der Waals surface area contributed by atoms with Crippen LogP contribution in [0.15, 0.2) is 42.5 Å². The summed E-state index contributed by atoms with van der Waals surface area (Å²) < 4.78 is 0. The number of anilines is 1. The third kappa shape index (κ3) is 4.83. The van der Waals surface area contributed by atoms with Crippen LogP contribution < -0.4 is 15.1 Å². The molecule has 144 valence electrons. The van der Waals surface area contributed by atoms with Crippen LogP contribution in [0, 0.1) is 17.0 Å². The summed E-state index contributed by atoms with van der Waals surface area (Å²) in [7, 11) is 8.06. The number of nitro benzene ring substituents is 1. The van der Waals surface area contributed by atoms with Crippen LogP contribution in [0.1, 0.15) is 27.5 Å². The molecule has 1 atom stereocenters. The molecular weight excluding hydrogens is 344 g/mol.